The average molecular weight is 318 g/mol. The predicted octanol–water partition coefficient (Wildman–Crippen LogP) is 2.44. The molecular weight excluding hydrogens is 292 g/mol. The van der Waals surface area contributed by atoms with Crippen molar-refractivity contribution < 1.29 is 14.3 Å². The number of nitrogens with zero attached hydrogens (tertiary/aromatic N) is 2. The first-order chi connectivity index (χ1) is 11.0. The van der Waals surface area contributed by atoms with E-state index in [1.165, 1.54) is 0 Å². The summed E-state index contributed by atoms with van der Waals surface area (Å²) >= 11 is 0. The molecule has 0 bridgehead atoms. The molecule has 3 atom stereocenters. The predicted molar refractivity (Wildman–Crippen MR) is 87.4 cm³/mol. The van der Waals surface area contributed by atoms with E-state index in [-0.39, 0.29) is 23.7 Å². The summed E-state index contributed by atoms with van der Waals surface area (Å²) in [4.78, 5) is 19.3. The van der Waals surface area contributed by atoms with Crippen molar-refractivity contribution in [2.45, 2.75) is 57.8 Å². The third kappa shape index (κ3) is 3.56. The molecule has 0 radical (unpaired) electrons. The zero-order valence-electron chi connectivity index (χ0n) is 14.2. The van der Waals surface area contributed by atoms with E-state index in [2.05, 4.69) is 11.9 Å². The molecule has 1 aromatic heterocycles. The number of amides is 1. The number of hydrogen-bond acceptors (Lipinski definition) is 4. The molecule has 2 fully saturated rings. The number of hydrogen-bond donors (Lipinski definition) is 0. The minimum absolute atomic E-state index is 0.00831. The number of carbonyl (C=O) groups is 1. The van der Waals surface area contributed by atoms with Crippen LogP contribution in [0.2, 0.25) is 0 Å². The lowest BCUT2D eigenvalue weighted by molar-refractivity contribution is -0.189. The molecule has 0 unspecified atom stereocenters. The van der Waals surface area contributed by atoms with Gasteiger partial charge in [0.1, 0.15) is 5.69 Å². The average Bonchev–Trinajstić information content (AvgIpc) is 2.53. The number of rotatable bonds is 2. The van der Waals surface area contributed by atoms with Crippen molar-refractivity contribution in [1.82, 2.24) is 9.88 Å². The molecule has 0 aromatic carbocycles. The highest BCUT2D eigenvalue weighted by molar-refractivity contribution is 5.92. The quantitative estimate of drug-likeness (QED) is 0.840. The lowest BCUT2D eigenvalue weighted by atomic mass is 9.88. The van der Waals surface area contributed by atoms with Gasteiger partial charge in [-0.15, -0.1) is 0 Å². The van der Waals surface area contributed by atoms with Crippen molar-refractivity contribution in [3.63, 3.8) is 0 Å². The molecule has 0 aliphatic carbocycles. The minimum Gasteiger partial charge on any atom is -0.378 e. The van der Waals surface area contributed by atoms with Gasteiger partial charge in [0.05, 0.1) is 24.4 Å². The zero-order chi connectivity index (χ0) is 16.4. The Morgan fingerprint density at radius 1 is 1.39 bits per heavy atom. The Kier molecular flexibility index (Phi) is 4.69. The van der Waals surface area contributed by atoms with Gasteiger partial charge in [-0.3, -0.25) is 4.79 Å². The molecular formula is C18H26N2O3. The smallest absolute Gasteiger partial charge is 0.272 e. The Morgan fingerprint density at radius 3 is 2.96 bits per heavy atom. The molecule has 1 spiro atoms. The van der Waals surface area contributed by atoms with Crippen LogP contribution < -0.4 is 0 Å². The Hall–Kier alpha value is -1.46. The fourth-order valence-corrected chi connectivity index (χ4v) is 3.72. The number of aryl methyl sites for hydroxylation is 1. The van der Waals surface area contributed by atoms with Gasteiger partial charge in [-0.25, -0.2) is 4.98 Å². The van der Waals surface area contributed by atoms with Gasteiger partial charge in [-0.2, -0.15) is 0 Å². The van der Waals surface area contributed by atoms with E-state index < -0.39 is 0 Å². The first kappa shape index (κ1) is 16.4. The molecule has 5 nitrogen and oxygen atoms in total. The third-order valence-electron chi connectivity index (χ3n) is 4.70. The molecule has 23 heavy (non-hydrogen) atoms. The van der Waals surface area contributed by atoms with Crippen LogP contribution in [0.25, 0.3) is 0 Å². The summed E-state index contributed by atoms with van der Waals surface area (Å²) in [5, 5.41) is 0. The van der Waals surface area contributed by atoms with Crippen LogP contribution in [-0.4, -0.2) is 53.3 Å². The molecule has 1 aromatic rings. The van der Waals surface area contributed by atoms with Crippen molar-refractivity contribution in [2.24, 2.45) is 0 Å². The molecule has 126 valence electrons. The normalized spacial score (nSPS) is 31.3. The summed E-state index contributed by atoms with van der Waals surface area (Å²) in [6.07, 6.45) is 2.72. The van der Waals surface area contributed by atoms with E-state index >= 15 is 0 Å². The number of morpholine rings is 1. The van der Waals surface area contributed by atoms with Crippen molar-refractivity contribution in [2.75, 3.05) is 19.7 Å². The second kappa shape index (κ2) is 6.57. The van der Waals surface area contributed by atoms with Crippen LogP contribution >= 0.6 is 0 Å². The Labute approximate surface area is 138 Å². The molecule has 3 heterocycles. The SMILES string of the molecule is CCc1cccc(C(=O)N2C[C@H](C)O[C@]3(CCO[C@H](C)C3)C2)n1. The summed E-state index contributed by atoms with van der Waals surface area (Å²) < 4.78 is 11.9. The van der Waals surface area contributed by atoms with Crippen LogP contribution in [0.4, 0.5) is 0 Å². The number of aromatic nitrogens is 1. The second-order valence-corrected chi connectivity index (χ2v) is 6.80. The van der Waals surface area contributed by atoms with E-state index in [0.717, 1.165) is 25.0 Å². The largest absolute Gasteiger partial charge is 0.378 e. The summed E-state index contributed by atoms with van der Waals surface area (Å²) in [5.41, 5.74) is 1.22. The standard InChI is InChI=1S/C18H26N2O3/c1-4-15-6-5-7-16(19-15)17(21)20-11-14(3)23-18(12-20)8-9-22-13(2)10-18/h5-7,13-14H,4,8-12H2,1-3H3/t13-,14+,18+/m1/s1. The topological polar surface area (TPSA) is 51.7 Å². The summed E-state index contributed by atoms with van der Waals surface area (Å²) in [6, 6.07) is 5.68. The number of carbonyl (C=O) groups excluding carboxylic acids is 1. The first-order valence-corrected chi connectivity index (χ1v) is 8.56. The summed E-state index contributed by atoms with van der Waals surface area (Å²) in [6.45, 7) is 8.10. The Balaban J connectivity index is 1.79. The van der Waals surface area contributed by atoms with Gasteiger partial charge in [0.2, 0.25) is 0 Å². The highest BCUT2D eigenvalue weighted by atomic mass is 16.5. The Bertz CT molecular complexity index is 573. The van der Waals surface area contributed by atoms with Crippen molar-refractivity contribution >= 4 is 5.91 Å². The van der Waals surface area contributed by atoms with Crippen LogP contribution in [0.5, 0.6) is 0 Å². The van der Waals surface area contributed by atoms with Gasteiger partial charge in [-0.05, 0) is 32.4 Å². The molecule has 3 rings (SSSR count). The highest BCUT2D eigenvalue weighted by Crippen LogP contribution is 2.34. The monoisotopic (exact) mass is 318 g/mol. The van der Waals surface area contributed by atoms with Gasteiger partial charge >= 0.3 is 0 Å². The third-order valence-corrected chi connectivity index (χ3v) is 4.70. The highest BCUT2D eigenvalue weighted by Gasteiger charge is 2.44. The number of pyridine rings is 1. The molecule has 0 N–H and O–H groups in total. The van der Waals surface area contributed by atoms with Gasteiger partial charge in [0.25, 0.3) is 5.91 Å². The molecule has 2 saturated heterocycles. The summed E-state index contributed by atoms with van der Waals surface area (Å²) in [5.74, 6) is 0.00831. The van der Waals surface area contributed by atoms with Gasteiger partial charge in [0.15, 0.2) is 0 Å². The fourth-order valence-electron chi connectivity index (χ4n) is 3.72. The van der Waals surface area contributed by atoms with E-state index in [1.807, 2.05) is 30.9 Å². The number of ether oxygens (including phenoxy) is 2. The van der Waals surface area contributed by atoms with Crippen molar-refractivity contribution in [3.8, 4) is 0 Å². The van der Waals surface area contributed by atoms with Crippen LogP contribution in [0.3, 0.4) is 0 Å². The maximum atomic E-state index is 12.9. The van der Waals surface area contributed by atoms with Crippen LogP contribution in [0.15, 0.2) is 18.2 Å². The fraction of sp³-hybridized carbons (Fsp3) is 0.667. The maximum Gasteiger partial charge on any atom is 0.272 e. The molecule has 2 aliphatic heterocycles. The Morgan fingerprint density at radius 2 is 2.22 bits per heavy atom. The van der Waals surface area contributed by atoms with E-state index in [0.29, 0.717) is 25.4 Å². The van der Waals surface area contributed by atoms with Crippen LogP contribution in [-0.2, 0) is 15.9 Å². The van der Waals surface area contributed by atoms with Crippen molar-refractivity contribution in [3.05, 3.63) is 29.6 Å². The van der Waals surface area contributed by atoms with Crippen LogP contribution in [0, 0.1) is 0 Å². The second-order valence-electron chi connectivity index (χ2n) is 6.80. The molecule has 2 aliphatic rings. The van der Waals surface area contributed by atoms with Gasteiger partial charge in [-0.1, -0.05) is 13.0 Å². The van der Waals surface area contributed by atoms with E-state index in [9.17, 15) is 4.79 Å². The van der Waals surface area contributed by atoms with E-state index in [1.54, 1.807) is 6.07 Å². The zero-order valence-corrected chi connectivity index (χ0v) is 14.2. The van der Waals surface area contributed by atoms with Gasteiger partial charge in [0, 0.05) is 31.7 Å². The first-order valence-electron chi connectivity index (χ1n) is 8.56. The molecule has 1 amide bonds. The lowest BCUT2D eigenvalue weighted by Gasteiger charge is -2.48. The minimum atomic E-state index is -0.270. The molecule has 5 heteroatoms. The van der Waals surface area contributed by atoms with Crippen molar-refractivity contribution in [1.29, 1.82) is 0 Å². The maximum absolute atomic E-state index is 12.9. The van der Waals surface area contributed by atoms with Crippen LogP contribution in [0.1, 0.15) is 49.8 Å². The summed E-state index contributed by atoms with van der Waals surface area (Å²) in [7, 11) is 0. The van der Waals surface area contributed by atoms with E-state index in [4.69, 9.17) is 9.47 Å². The van der Waals surface area contributed by atoms with Gasteiger partial charge < -0.3 is 14.4 Å². The molecule has 0 saturated carbocycles. The lowest BCUT2D eigenvalue weighted by Crippen LogP contribution is -2.59.